The minimum atomic E-state index is -3.88. The van der Waals surface area contributed by atoms with Crippen molar-refractivity contribution in [2.75, 3.05) is 12.7 Å². The van der Waals surface area contributed by atoms with Crippen molar-refractivity contribution < 1.29 is 26.8 Å². The van der Waals surface area contributed by atoms with Gasteiger partial charge in [0.15, 0.2) is 5.69 Å². The molecule has 2 rings (SSSR count). The number of unbranched alkanes of at least 4 members (excludes halogenated alkanes) is 2. The van der Waals surface area contributed by atoms with Crippen LogP contribution in [0.4, 0.5) is 4.39 Å². The average molecular weight is 466 g/mol. The Morgan fingerprint density at radius 3 is 2.93 bits per heavy atom. The molecule has 148 valence electrons. The molecule has 27 heavy (non-hydrogen) atoms. The molecule has 2 N–H and O–H groups in total. The van der Waals surface area contributed by atoms with Crippen LogP contribution in [0.2, 0.25) is 0 Å². The summed E-state index contributed by atoms with van der Waals surface area (Å²) in [4.78, 5) is 0. The van der Waals surface area contributed by atoms with Crippen molar-refractivity contribution in [2.24, 2.45) is 5.16 Å². The van der Waals surface area contributed by atoms with Crippen molar-refractivity contribution in [1.29, 1.82) is 0 Å². The van der Waals surface area contributed by atoms with Crippen molar-refractivity contribution in [1.82, 2.24) is 15.0 Å². The molecule has 0 aliphatic carbocycles. The van der Waals surface area contributed by atoms with E-state index in [9.17, 15) is 18.0 Å². The molecular formula is C16H20BrFN4O4S. The predicted molar refractivity (Wildman–Crippen MR) is 101 cm³/mol. The van der Waals surface area contributed by atoms with Crippen molar-refractivity contribution in [3.8, 4) is 0 Å². The van der Waals surface area contributed by atoms with Crippen molar-refractivity contribution in [2.45, 2.75) is 32.1 Å². The van der Waals surface area contributed by atoms with Gasteiger partial charge >= 0.3 is 0 Å². The highest BCUT2D eigenvalue weighted by atomic mass is 79.9. The zero-order valence-corrected chi connectivity index (χ0v) is 16.6. The third kappa shape index (κ3) is 6.36. The first-order chi connectivity index (χ1) is 14.0. The molecule has 0 spiro atoms. The van der Waals surface area contributed by atoms with E-state index in [0.717, 1.165) is 0 Å². The summed E-state index contributed by atoms with van der Waals surface area (Å²) in [6, 6.07) is 4.39. The van der Waals surface area contributed by atoms with Crippen LogP contribution in [-0.4, -0.2) is 42.4 Å². The Labute approximate surface area is 169 Å². The zero-order valence-electron chi connectivity index (χ0n) is 17.2. The van der Waals surface area contributed by atoms with E-state index in [2.05, 4.69) is 31.4 Å². The quantitative estimate of drug-likeness (QED) is 0.241. The Balaban J connectivity index is 1.91. The highest BCUT2D eigenvalue weighted by Gasteiger charge is 2.18. The lowest BCUT2D eigenvalue weighted by molar-refractivity contribution is 0.300. The Morgan fingerprint density at radius 1 is 1.41 bits per heavy atom. The van der Waals surface area contributed by atoms with E-state index < -0.39 is 22.8 Å². The molecule has 11 heteroatoms. The average Bonchev–Trinajstić information content (AvgIpc) is 3.08. The van der Waals surface area contributed by atoms with Gasteiger partial charge in [-0.3, -0.25) is 0 Å². The molecule has 2 aromatic rings. The number of nitrogens with zero attached hydrogens (tertiary/aromatic N) is 3. The third-order valence-corrected chi connectivity index (χ3v) is 5.53. The van der Waals surface area contributed by atoms with Crippen LogP contribution >= 0.6 is 15.9 Å². The fourth-order valence-electron chi connectivity index (χ4n) is 2.41. The van der Waals surface area contributed by atoms with Crippen molar-refractivity contribution in [3.63, 3.8) is 0 Å². The molecule has 0 bridgehead atoms. The Hall–Kier alpha value is -1.85. The molecule has 0 unspecified atom stereocenters. The summed E-state index contributed by atoms with van der Waals surface area (Å²) < 4.78 is 64.2. The highest BCUT2D eigenvalue weighted by molar-refractivity contribution is 9.10. The molecule has 0 atom stereocenters. The standard InChI is InChI=1S/C16H20BrFN4O4S/c1-19-27(24,25)8-4-2-3-5-14-16(22-26-21-14)15(20-23)10-11-6-7-13(18)12(17)9-11/h6-7,9,19,23H,2-5,8,10H2,1H3/b20-15+/i1D3. The molecule has 8 nitrogen and oxygen atoms in total. The van der Waals surface area contributed by atoms with Gasteiger partial charge in [0.05, 0.1) is 10.2 Å². The van der Waals surface area contributed by atoms with E-state index in [-0.39, 0.29) is 34.5 Å². The molecule has 0 aliphatic heterocycles. The van der Waals surface area contributed by atoms with E-state index in [1.165, 1.54) is 6.07 Å². The second-order valence-electron chi connectivity index (χ2n) is 5.76. The number of sulfonamides is 1. The monoisotopic (exact) mass is 465 g/mol. The Morgan fingerprint density at radius 2 is 2.22 bits per heavy atom. The minimum absolute atomic E-state index is 0.162. The lowest BCUT2D eigenvalue weighted by Crippen LogP contribution is -2.21. The summed E-state index contributed by atoms with van der Waals surface area (Å²) in [5.41, 5.74) is 1.56. The second-order valence-corrected chi connectivity index (χ2v) is 8.46. The zero-order chi connectivity index (χ0) is 22.4. The van der Waals surface area contributed by atoms with Crippen molar-refractivity contribution >= 4 is 31.7 Å². The first-order valence-corrected chi connectivity index (χ1v) is 10.4. The summed E-state index contributed by atoms with van der Waals surface area (Å²) >= 11 is 3.10. The van der Waals surface area contributed by atoms with Gasteiger partial charge in [-0.25, -0.2) is 22.2 Å². The van der Waals surface area contributed by atoms with Crippen LogP contribution < -0.4 is 4.72 Å². The molecule has 0 aliphatic rings. The van der Waals surface area contributed by atoms with Gasteiger partial charge in [0, 0.05) is 10.5 Å². The summed E-state index contributed by atoms with van der Waals surface area (Å²) in [6.07, 6.45) is 1.83. The molecular weight excluding hydrogens is 443 g/mol. The second kappa shape index (κ2) is 9.90. The lowest BCUT2D eigenvalue weighted by atomic mass is 10.0. The number of nitrogens with one attached hydrogen (secondary N) is 1. The van der Waals surface area contributed by atoms with E-state index in [0.29, 0.717) is 30.5 Å². The molecule has 0 fully saturated rings. The SMILES string of the molecule is [2H]C([2H])([2H])NS(=O)(=O)CCCCCc1nonc1/C(Cc1ccc(F)c(Br)c1)=N/O. The number of rotatable bonds is 10. The van der Waals surface area contributed by atoms with E-state index in [1.807, 2.05) is 0 Å². The maximum atomic E-state index is 13.4. The fraction of sp³-hybridized carbons (Fsp3) is 0.438. The summed E-state index contributed by atoms with van der Waals surface area (Å²) in [7, 11) is -3.88. The molecule has 0 saturated heterocycles. The largest absolute Gasteiger partial charge is 0.411 e. The summed E-state index contributed by atoms with van der Waals surface area (Å²) in [5, 5.41) is 20.2. The van der Waals surface area contributed by atoms with Gasteiger partial charge in [0.25, 0.3) is 0 Å². The van der Waals surface area contributed by atoms with Crippen LogP contribution in [0.5, 0.6) is 0 Å². The Bertz CT molecular complexity index is 999. The lowest BCUT2D eigenvalue weighted by Gasteiger charge is -2.05. The maximum absolute atomic E-state index is 13.4. The Kier molecular flexibility index (Phi) is 6.33. The predicted octanol–water partition coefficient (Wildman–Crippen LogP) is 2.65. The van der Waals surface area contributed by atoms with Gasteiger partial charge in [0.1, 0.15) is 17.2 Å². The minimum Gasteiger partial charge on any atom is -0.411 e. The highest BCUT2D eigenvalue weighted by Crippen LogP contribution is 2.19. The molecule has 0 radical (unpaired) electrons. The van der Waals surface area contributed by atoms with Gasteiger partial charge in [-0.05, 0) is 65.0 Å². The number of hydrogen-bond acceptors (Lipinski definition) is 7. The van der Waals surface area contributed by atoms with Crippen LogP contribution in [0.3, 0.4) is 0 Å². The van der Waals surface area contributed by atoms with Crippen LogP contribution in [0.25, 0.3) is 0 Å². The molecule has 0 amide bonds. The smallest absolute Gasteiger partial charge is 0.211 e. The van der Waals surface area contributed by atoms with Gasteiger partial charge in [-0.1, -0.05) is 22.8 Å². The topological polar surface area (TPSA) is 118 Å². The van der Waals surface area contributed by atoms with Crippen molar-refractivity contribution in [3.05, 3.63) is 45.4 Å². The van der Waals surface area contributed by atoms with Gasteiger partial charge in [-0.2, -0.15) is 0 Å². The van der Waals surface area contributed by atoms with Crippen LogP contribution in [0.15, 0.2) is 32.5 Å². The van der Waals surface area contributed by atoms with Crippen LogP contribution in [-0.2, 0) is 22.9 Å². The molecule has 1 aromatic carbocycles. The number of oxime groups is 1. The molecule has 0 saturated carbocycles. The first-order valence-electron chi connectivity index (χ1n) is 9.49. The molecule has 1 aromatic heterocycles. The normalized spacial score (nSPS) is 14.6. The van der Waals surface area contributed by atoms with Crippen LogP contribution in [0.1, 0.15) is 40.3 Å². The van der Waals surface area contributed by atoms with Gasteiger partial charge in [-0.15, -0.1) is 0 Å². The van der Waals surface area contributed by atoms with Crippen LogP contribution in [0, 0.1) is 5.82 Å². The van der Waals surface area contributed by atoms with E-state index in [1.54, 1.807) is 16.9 Å². The third-order valence-electron chi connectivity index (χ3n) is 3.79. The van der Waals surface area contributed by atoms with Gasteiger partial charge < -0.3 is 5.21 Å². The van der Waals surface area contributed by atoms with Gasteiger partial charge in [0.2, 0.25) is 10.0 Å². The number of aromatic nitrogens is 2. The summed E-state index contributed by atoms with van der Waals surface area (Å²) in [6.45, 7) is -2.75. The summed E-state index contributed by atoms with van der Waals surface area (Å²) in [5.74, 6) is -0.723. The number of hydrogen-bond donors (Lipinski definition) is 2. The maximum Gasteiger partial charge on any atom is 0.211 e. The number of benzene rings is 1. The van der Waals surface area contributed by atoms with E-state index in [4.69, 9.17) is 8.74 Å². The fourth-order valence-corrected chi connectivity index (χ4v) is 3.52. The first kappa shape index (κ1) is 17.3. The van der Waals surface area contributed by atoms with E-state index >= 15 is 0 Å². The molecule has 1 heterocycles. The number of aryl methyl sites for hydroxylation is 1. The number of halogens is 2.